The molecule has 6 nitrogen and oxygen atoms in total. The summed E-state index contributed by atoms with van der Waals surface area (Å²) in [7, 11) is 0. The van der Waals surface area contributed by atoms with Crippen LogP contribution >= 0.6 is 12.2 Å². The van der Waals surface area contributed by atoms with Gasteiger partial charge in [0.25, 0.3) is 0 Å². The fourth-order valence-corrected chi connectivity index (χ4v) is 6.44. The minimum atomic E-state index is 0.173. The van der Waals surface area contributed by atoms with Crippen molar-refractivity contribution in [2.24, 2.45) is 22.9 Å². The highest BCUT2D eigenvalue weighted by Gasteiger charge is 2.51. The molecule has 1 aromatic rings. The molecule has 0 saturated heterocycles. The van der Waals surface area contributed by atoms with Crippen LogP contribution in [0.3, 0.4) is 0 Å². The number of rotatable bonds is 9. The highest BCUT2D eigenvalue weighted by atomic mass is 32.1. The molecule has 0 heterocycles. The lowest BCUT2D eigenvalue weighted by Crippen LogP contribution is -2.61. The first-order chi connectivity index (χ1) is 15.0. The molecule has 0 atom stereocenters. The second-order valence-electron chi connectivity index (χ2n) is 9.16. The molecular formula is C24H35N3O3S. The Kier molecular flexibility index (Phi) is 6.89. The first-order valence-electron chi connectivity index (χ1n) is 11.7. The van der Waals surface area contributed by atoms with Crippen LogP contribution in [-0.2, 0) is 0 Å². The van der Waals surface area contributed by atoms with E-state index < -0.39 is 0 Å². The van der Waals surface area contributed by atoms with Gasteiger partial charge in [-0.1, -0.05) is 0 Å². The van der Waals surface area contributed by atoms with Crippen LogP contribution in [-0.4, -0.2) is 36.7 Å². The second-order valence-corrected chi connectivity index (χ2v) is 9.57. The molecule has 5 rings (SSSR count). The van der Waals surface area contributed by atoms with Gasteiger partial charge in [-0.25, -0.2) is 0 Å². The van der Waals surface area contributed by atoms with Gasteiger partial charge < -0.3 is 19.5 Å². The highest BCUT2D eigenvalue weighted by molar-refractivity contribution is 7.80. The van der Waals surface area contributed by atoms with Crippen molar-refractivity contribution in [1.29, 1.82) is 0 Å². The summed E-state index contributed by atoms with van der Waals surface area (Å²) in [6.07, 6.45) is 9.72. The Bertz CT molecular complexity index is 791. The maximum absolute atomic E-state index is 5.80. The lowest BCUT2D eigenvalue weighted by molar-refractivity contribution is -0.0101. The molecule has 4 aliphatic rings. The molecule has 0 aliphatic heterocycles. The number of nitrogens with zero attached hydrogens (tertiary/aromatic N) is 1. The summed E-state index contributed by atoms with van der Waals surface area (Å²) >= 11 is 5.60. The quantitative estimate of drug-likeness (QED) is 0.328. The van der Waals surface area contributed by atoms with Crippen LogP contribution < -0.4 is 25.0 Å². The zero-order valence-electron chi connectivity index (χ0n) is 18.9. The maximum Gasteiger partial charge on any atom is 0.187 e. The second kappa shape index (κ2) is 9.63. The number of benzene rings is 1. The maximum atomic E-state index is 5.80. The normalized spacial score (nSPS) is 28.5. The van der Waals surface area contributed by atoms with Crippen LogP contribution in [0.1, 0.15) is 64.9 Å². The third kappa shape index (κ3) is 5.08. The SMILES string of the molecule is CCOc1cc(OCC)c(OCC)cc1/C=N\NC(=S)NC12CC3CC(CC(C3)C1)C2. The van der Waals surface area contributed by atoms with Gasteiger partial charge in [0.15, 0.2) is 16.6 Å². The predicted octanol–water partition coefficient (Wildman–Crippen LogP) is 4.65. The van der Waals surface area contributed by atoms with E-state index in [1.54, 1.807) is 6.21 Å². The van der Waals surface area contributed by atoms with E-state index in [4.69, 9.17) is 26.4 Å². The molecule has 0 radical (unpaired) electrons. The largest absolute Gasteiger partial charge is 0.493 e. The average Bonchev–Trinajstić information content (AvgIpc) is 2.70. The van der Waals surface area contributed by atoms with Crippen molar-refractivity contribution in [2.75, 3.05) is 19.8 Å². The van der Waals surface area contributed by atoms with Crippen LogP contribution in [0.15, 0.2) is 17.2 Å². The van der Waals surface area contributed by atoms with Crippen molar-refractivity contribution >= 4 is 23.5 Å². The van der Waals surface area contributed by atoms with Crippen molar-refractivity contribution < 1.29 is 14.2 Å². The third-order valence-corrected chi connectivity index (χ3v) is 6.96. The zero-order valence-corrected chi connectivity index (χ0v) is 19.7. The van der Waals surface area contributed by atoms with Crippen LogP contribution in [0.2, 0.25) is 0 Å². The zero-order chi connectivity index (χ0) is 21.8. The molecule has 4 saturated carbocycles. The Morgan fingerprint density at radius 2 is 1.45 bits per heavy atom. The lowest BCUT2D eigenvalue weighted by Gasteiger charge is -2.57. The number of thiocarbonyl (C=S) groups is 1. The molecule has 4 fully saturated rings. The summed E-state index contributed by atoms with van der Waals surface area (Å²) < 4.78 is 17.3. The van der Waals surface area contributed by atoms with E-state index >= 15 is 0 Å². The van der Waals surface area contributed by atoms with E-state index in [0.29, 0.717) is 42.2 Å². The molecule has 0 unspecified atom stereocenters. The topological polar surface area (TPSA) is 64.1 Å². The standard InChI is InChI=1S/C24H35N3O3S/c1-4-28-20-11-22(30-6-3)21(29-5-2)10-19(20)15-25-27-23(31)26-24-12-16-7-17(13-24)9-18(8-16)14-24/h10-11,15-18H,4-9,12-14H2,1-3H3,(H2,26,27,31)/b25-15-. The van der Waals surface area contributed by atoms with Gasteiger partial charge in [-0.2, -0.15) is 5.10 Å². The molecule has 1 aromatic carbocycles. The molecule has 2 N–H and O–H groups in total. The highest BCUT2D eigenvalue weighted by Crippen LogP contribution is 2.55. The minimum absolute atomic E-state index is 0.173. The van der Waals surface area contributed by atoms with Gasteiger partial charge >= 0.3 is 0 Å². The van der Waals surface area contributed by atoms with Crippen LogP contribution in [0, 0.1) is 17.8 Å². The number of hydrazone groups is 1. The molecule has 0 spiro atoms. The number of ether oxygens (including phenoxy) is 3. The van der Waals surface area contributed by atoms with Crippen molar-refractivity contribution in [3.63, 3.8) is 0 Å². The summed E-state index contributed by atoms with van der Waals surface area (Å²) in [5, 5.41) is 8.65. The molecule has 4 aliphatic carbocycles. The number of hydrogen-bond donors (Lipinski definition) is 2. The summed E-state index contributed by atoms with van der Waals surface area (Å²) in [5.74, 6) is 4.69. The predicted molar refractivity (Wildman–Crippen MR) is 127 cm³/mol. The van der Waals surface area contributed by atoms with Gasteiger partial charge in [0.2, 0.25) is 0 Å². The van der Waals surface area contributed by atoms with Crippen LogP contribution in [0.25, 0.3) is 0 Å². The lowest BCUT2D eigenvalue weighted by atomic mass is 9.53. The van der Waals surface area contributed by atoms with Crippen molar-refractivity contribution in [1.82, 2.24) is 10.7 Å². The van der Waals surface area contributed by atoms with Gasteiger partial charge in [0.1, 0.15) is 5.75 Å². The monoisotopic (exact) mass is 445 g/mol. The van der Waals surface area contributed by atoms with E-state index in [-0.39, 0.29) is 5.54 Å². The Morgan fingerprint density at radius 1 is 0.935 bits per heavy atom. The molecule has 0 amide bonds. The molecule has 4 bridgehead atoms. The first kappa shape index (κ1) is 22.2. The third-order valence-electron chi connectivity index (χ3n) is 6.76. The summed E-state index contributed by atoms with van der Waals surface area (Å²) in [6.45, 7) is 7.54. The van der Waals surface area contributed by atoms with Gasteiger partial charge in [-0.15, -0.1) is 0 Å². The average molecular weight is 446 g/mol. The molecule has 0 aromatic heterocycles. The van der Waals surface area contributed by atoms with Crippen LogP contribution in [0.5, 0.6) is 17.2 Å². The van der Waals surface area contributed by atoms with E-state index in [9.17, 15) is 0 Å². The molecule has 7 heteroatoms. The van der Waals surface area contributed by atoms with Gasteiger partial charge in [-0.3, -0.25) is 5.43 Å². The Hall–Kier alpha value is -2.02. The number of hydrogen-bond acceptors (Lipinski definition) is 5. The van der Waals surface area contributed by atoms with E-state index in [0.717, 1.165) is 23.3 Å². The summed E-state index contributed by atoms with van der Waals surface area (Å²) in [4.78, 5) is 0. The van der Waals surface area contributed by atoms with Gasteiger partial charge in [0.05, 0.1) is 26.0 Å². The van der Waals surface area contributed by atoms with E-state index in [1.807, 2.05) is 32.9 Å². The van der Waals surface area contributed by atoms with E-state index in [2.05, 4.69) is 15.8 Å². The summed E-state index contributed by atoms with van der Waals surface area (Å²) in [5.41, 5.74) is 4.02. The number of nitrogens with one attached hydrogen (secondary N) is 2. The minimum Gasteiger partial charge on any atom is -0.493 e. The Balaban J connectivity index is 1.43. The van der Waals surface area contributed by atoms with Crippen molar-refractivity contribution in [3.05, 3.63) is 17.7 Å². The Morgan fingerprint density at radius 3 is 2.00 bits per heavy atom. The van der Waals surface area contributed by atoms with Gasteiger partial charge in [0, 0.05) is 17.2 Å². The molecule has 31 heavy (non-hydrogen) atoms. The molecular weight excluding hydrogens is 410 g/mol. The fraction of sp³-hybridized carbons (Fsp3) is 0.667. The molecule has 170 valence electrons. The summed E-state index contributed by atoms with van der Waals surface area (Å²) in [6, 6.07) is 3.77. The van der Waals surface area contributed by atoms with E-state index in [1.165, 1.54) is 38.5 Å². The van der Waals surface area contributed by atoms with Crippen LogP contribution in [0.4, 0.5) is 0 Å². The fourth-order valence-electron chi connectivity index (χ4n) is 6.17. The van der Waals surface area contributed by atoms with Crippen molar-refractivity contribution in [3.8, 4) is 17.2 Å². The van der Waals surface area contributed by atoms with Gasteiger partial charge in [-0.05, 0) is 95.3 Å². The first-order valence-corrected chi connectivity index (χ1v) is 12.1. The Labute approximate surface area is 191 Å². The van der Waals surface area contributed by atoms with Crippen molar-refractivity contribution in [2.45, 2.75) is 64.8 Å². The smallest absolute Gasteiger partial charge is 0.187 e.